The molecule has 0 spiro atoms. The van der Waals surface area contributed by atoms with E-state index in [9.17, 15) is 10.2 Å². The molecule has 0 radical (unpaired) electrons. The largest absolute Gasteiger partial charge is 0.378 e. The standard InChI is InChI=1S/C24H28O2/c25-23(14-5-8-19-24(26)17-6-2-7-18-24)22-13-9-12-21(22)16-15-20-10-3-1-4-11-20/h10,23,25-26H,1-4,6-7,9,11-13,17-18H2. The van der Waals surface area contributed by atoms with Gasteiger partial charge in [-0.1, -0.05) is 36.2 Å². The van der Waals surface area contributed by atoms with Crippen molar-refractivity contribution in [3.05, 3.63) is 22.8 Å². The van der Waals surface area contributed by atoms with Crippen LogP contribution >= 0.6 is 0 Å². The van der Waals surface area contributed by atoms with Gasteiger partial charge in [-0.15, -0.1) is 0 Å². The van der Waals surface area contributed by atoms with Crippen molar-refractivity contribution in [2.24, 2.45) is 0 Å². The number of rotatable bonds is 1. The third-order valence-electron chi connectivity index (χ3n) is 5.50. The molecule has 0 aromatic heterocycles. The summed E-state index contributed by atoms with van der Waals surface area (Å²) in [6, 6.07) is 0. The van der Waals surface area contributed by atoms with Crippen LogP contribution in [-0.4, -0.2) is 21.9 Å². The van der Waals surface area contributed by atoms with Crippen molar-refractivity contribution >= 4 is 0 Å². The van der Waals surface area contributed by atoms with Gasteiger partial charge in [0.1, 0.15) is 11.7 Å². The van der Waals surface area contributed by atoms with E-state index in [0.29, 0.717) is 0 Å². The Morgan fingerprint density at radius 1 is 0.885 bits per heavy atom. The van der Waals surface area contributed by atoms with Crippen molar-refractivity contribution < 1.29 is 10.2 Å². The number of aliphatic hydroxyl groups is 2. The highest BCUT2D eigenvalue weighted by molar-refractivity contribution is 5.46. The van der Waals surface area contributed by atoms with Crippen molar-refractivity contribution in [2.45, 2.75) is 88.8 Å². The summed E-state index contributed by atoms with van der Waals surface area (Å²) >= 11 is 0. The van der Waals surface area contributed by atoms with Gasteiger partial charge in [0.25, 0.3) is 0 Å². The fourth-order valence-corrected chi connectivity index (χ4v) is 3.92. The van der Waals surface area contributed by atoms with Crippen LogP contribution in [0.5, 0.6) is 0 Å². The highest BCUT2D eigenvalue weighted by Crippen LogP contribution is 2.29. The van der Waals surface area contributed by atoms with Gasteiger partial charge in [-0.05, 0) is 93.6 Å². The minimum absolute atomic E-state index is 0.727. The van der Waals surface area contributed by atoms with E-state index in [1.54, 1.807) is 0 Å². The van der Waals surface area contributed by atoms with Crippen molar-refractivity contribution in [1.82, 2.24) is 0 Å². The number of allylic oxidation sites excluding steroid dienone is 3. The maximum absolute atomic E-state index is 10.4. The smallest absolute Gasteiger partial charge is 0.138 e. The highest BCUT2D eigenvalue weighted by atomic mass is 16.3. The molecule has 1 saturated carbocycles. The van der Waals surface area contributed by atoms with Crippen molar-refractivity contribution in [3.8, 4) is 35.5 Å². The van der Waals surface area contributed by atoms with Crippen LogP contribution in [0.2, 0.25) is 0 Å². The Bertz CT molecular complexity index is 758. The molecule has 1 atom stereocenters. The molecule has 1 unspecified atom stereocenters. The van der Waals surface area contributed by atoms with Crippen LogP contribution in [0.1, 0.15) is 77.0 Å². The van der Waals surface area contributed by atoms with Gasteiger partial charge in [0.05, 0.1) is 0 Å². The van der Waals surface area contributed by atoms with Gasteiger partial charge in [-0.2, -0.15) is 0 Å². The first-order chi connectivity index (χ1) is 12.7. The third-order valence-corrected chi connectivity index (χ3v) is 5.50. The third kappa shape index (κ3) is 5.29. The summed E-state index contributed by atoms with van der Waals surface area (Å²) in [5.41, 5.74) is 2.37. The summed E-state index contributed by atoms with van der Waals surface area (Å²) in [6.45, 7) is 0. The monoisotopic (exact) mass is 348 g/mol. The fraction of sp³-hybridized carbons (Fsp3) is 0.583. The predicted molar refractivity (Wildman–Crippen MR) is 105 cm³/mol. The highest BCUT2D eigenvalue weighted by Gasteiger charge is 2.26. The quantitative estimate of drug-likeness (QED) is 0.702. The van der Waals surface area contributed by atoms with Crippen molar-refractivity contribution in [3.63, 3.8) is 0 Å². The molecule has 136 valence electrons. The maximum Gasteiger partial charge on any atom is 0.138 e. The molecule has 0 heterocycles. The molecule has 3 aliphatic rings. The van der Waals surface area contributed by atoms with E-state index >= 15 is 0 Å². The fourth-order valence-electron chi connectivity index (χ4n) is 3.92. The Morgan fingerprint density at radius 3 is 2.50 bits per heavy atom. The minimum atomic E-state index is -0.880. The van der Waals surface area contributed by atoms with Gasteiger partial charge in [0.2, 0.25) is 0 Å². The Labute approximate surface area is 157 Å². The lowest BCUT2D eigenvalue weighted by molar-refractivity contribution is 0.0610. The van der Waals surface area contributed by atoms with Crippen LogP contribution in [0, 0.1) is 35.5 Å². The van der Waals surface area contributed by atoms with Gasteiger partial charge in [0, 0.05) is 5.57 Å². The molecular formula is C24H28O2. The number of hydrogen-bond acceptors (Lipinski definition) is 2. The molecular weight excluding hydrogens is 320 g/mol. The first-order valence-electron chi connectivity index (χ1n) is 10.0. The summed E-state index contributed by atoms with van der Waals surface area (Å²) in [6.07, 6.45) is 13.6. The van der Waals surface area contributed by atoms with Gasteiger partial charge in [-0.3, -0.25) is 0 Å². The summed E-state index contributed by atoms with van der Waals surface area (Å²) in [5.74, 6) is 17.8. The van der Waals surface area contributed by atoms with Crippen LogP contribution in [0.15, 0.2) is 22.8 Å². The molecule has 0 amide bonds. The van der Waals surface area contributed by atoms with E-state index in [2.05, 4.69) is 41.6 Å². The molecule has 3 rings (SSSR count). The molecule has 0 aromatic rings. The lowest BCUT2D eigenvalue weighted by Gasteiger charge is -2.26. The number of aliphatic hydroxyl groups excluding tert-OH is 1. The first kappa shape index (κ1) is 18.9. The van der Waals surface area contributed by atoms with Crippen molar-refractivity contribution in [2.75, 3.05) is 0 Å². The average Bonchev–Trinajstić information content (AvgIpc) is 3.14. The summed E-state index contributed by atoms with van der Waals surface area (Å²) < 4.78 is 0. The lowest BCUT2D eigenvalue weighted by atomic mass is 9.85. The van der Waals surface area contributed by atoms with E-state index in [1.807, 2.05) is 0 Å². The van der Waals surface area contributed by atoms with Crippen molar-refractivity contribution in [1.29, 1.82) is 0 Å². The molecule has 26 heavy (non-hydrogen) atoms. The lowest BCUT2D eigenvalue weighted by Crippen LogP contribution is -2.29. The Balaban J connectivity index is 1.66. The van der Waals surface area contributed by atoms with E-state index in [-0.39, 0.29) is 0 Å². The maximum atomic E-state index is 10.4. The van der Waals surface area contributed by atoms with Gasteiger partial charge in [0.15, 0.2) is 0 Å². The molecule has 2 N–H and O–H groups in total. The van der Waals surface area contributed by atoms with Crippen LogP contribution in [0.4, 0.5) is 0 Å². The molecule has 2 nitrogen and oxygen atoms in total. The van der Waals surface area contributed by atoms with Gasteiger partial charge < -0.3 is 10.2 Å². The first-order valence-corrected chi connectivity index (χ1v) is 10.0. The molecule has 1 fully saturated rings. The van der Waals surface area contributed by atoms with Crippen LogP contribution in [0.3, 0.4) is 0 Å². The van der Waals surface area contributed by atoms with E-state index in [0.717, 1.165) is 68.9 Å². The van der Waals surface area contributed by atoms with Crippen LogP contribution in [-0.2, 0) is 0 Å². The molecule has 0 bridgehead atoms. The Kier molecular flexibility index (Phi) is 6.63. The van der Waals surface area contributed by atoms with Gasteiger partial charge in [-0.25, -0.2) is 0 Å². The summed E-state index contributed by atoms with van der Waals surface area (Å²) in [5, 5.41) is 20.8. The Morgan fingerprint density at radius 2 is 1.73 bits per heavy atom. The summed E-state index contributed by atoms with van der Waals surface area (Å²) in [4.78, 5) is 0. The number of hydrogen-bond donors (Lipinski definition) is 2. The molecule has 3 aliphatic carbocycles. The zero-order chi connectivity index (χ0) is 18.2. The second-order valence-corrected chi connectivity index (χ2v) is 7.60. The second-order valence-electron chi connectivity index (χ2n) is 7.60. The van der Waals surface area contributed by atoms with Crippen LogP contribution < -0.4 is 0 Å². The minimum Gasteiger partial charge on any atom is -0.378 e. The van der Waals surface area contributed by atoms with E-state index < -0.39 is 11.7 Å². The summed E-state index contributed by atoms with van der Waals surface area (Å²) in [7, 11) is 0. The molecule has 0 aliphatic heterocycles. The van der Waals surface area contributed by atoms with E-state index in [4.69, 9.17) is 0 Å². The molecule has 0 saturated heterocycles. The average molecular weight is 348 g/mol. The van der Waals surface area contributed by atoms with E-state index in [1.165, 1.54) is 24.8 Å². The SMILES string of the molecule is OC(C#CC#CC1(O)CCCCC1)C1=C(C#CC2=CCCCC2)CCC1. The normalized spacial score (nSPS) is 22.8. The predicted octanol–water partition coefficient (Wildman–Crippen LogP) is 4.03. The van der Waals surface area contributed by atoms with Gasteiger partial charge >= 0.3 is 0 Å². The Hall–Kier alpha value is -1.92. The second kappa shape index (κ2) is 9.14. The zero-order valence-corrected chi connectivity index (χ0v) is 15.5. The zero-order valence-electron chi connectivity index (χ0n) is 15.5. The molecule has 2 heteroatoms. The van der Waals surface area contributed by atoms with Crippen LogP contribution in [0.25, 0.3) is 0 Å². The topological polar surface area (TPSA) is 40.5 Å². The molecule has 0 aromatic carbocycles.